The van der Waals surface area contributed by atoms with Gasteiger partial charge >= 0.3 is 0 Å². The van der Waals surface area contributed by atoms with Crippen LogP contribution in [0.25, 0.3) is 11.1 Å². The molecule has 76 valence electrons. The van der Waals surface area contributed by atoms with Crippen molar-refractivity contribution in [3.8, 4) is 11.1 Å². The van der Waals surface area contributed by atoms with E-state index in [1.807, 2.05) is 12.1 Å². The summed E-state index contributed by atoms with van der Waals surface area (Å²) in [5.74, 6) is 0. The molecule has 4 heteroatoms. The molecule has 15 heavy (non-hydrogen) atoms. The number of hydrogen-bond acceptors (Lipinski definition) is 3. The number of aromatic nitrogens is 2. The van der Waals surface area contributed by atoms with Crippen LogP contribution in [-0.4, -0.2) is 15.1 Å². The van der Waals surface area contributed by atoms with Crippen LogP contribution >= 0.6 is 0 Å². The highest BCUT2D eigenvalue weighted by atomic mass is 16.3. The molecule has 0 aromatic carbocycles. The van der Waals surface area contributed by atoms with E-state index in [0.717, 1.165) is 11.1 Å². The molecular formula is C11H10N2O2. The van der Waals surface area contributed by atoms with Gasteiger partial charge in [0.1, 0.15) is 0 Å². The van der Waals surface area contributed by atoms with Crippen LogP contribution < -0.4 is 5.56 Å². The molecule has 2 N–H and O–H groups in total. The molecule has 0 fully saturated rings. The monoisotopic (exact) mass is 202 g/mol. The highest BCUT2D eigenvalue weighted by Gasteiger charge is 2.04. The van der Waals surface area contributed by atoms with Crippen LogP contribution in [-0.2, 0) is 6.61 Å². The minimum Gasteiger partial charge on any atom is -0.390 e. The zero-order valence-electron chi connectivity index (χ0n) is 7.97. The molecule has 2 aromatic rings. The average molecular weight is 202 g/mol. The van der Waals surface area contributed by atoms with Crippen LogP contribution in [0.2, 0.25) is 0 Å². The Morgan fingerprint density at radius 1 is 1.33 bits per heavy atom. The first-order valence-corrected chi connectivity index (χ1v) is 4.55. The van der Waals surface area contributed by atoms with Crippen LogP contribution in [0.1, 0.15) is 5.69 Å². The number of pyridine rings is 2. The van der Waals surface area contributed by atoms with Gasteiger partial charge in [-0.25, -0.2) is 0 Å². The van der Waals surface area contributed by atoms with E-state index >= 15 is 0 Å². The Bertz CT molecular complexity index is 505. The predicted molar refractivity (Wildman–Crippen MR) is 56.2 cm³/mol. The first-order valence-electron chi connectivity index (χ1n) is 4.55. The zero-order chi connectivity index (χ0) is 10.7. The quantitative estimate of drug-likeness (QED) is 0.761. The van der Waals surface area contributed by atoms with Gasteiger partial charge < -0.3 is 10.1 Å². The molecule has 0 bridgehead atoms. The maximum absolute atomic E-state index is 11.1. The third kappa shape index (κ3) is 1.94. The number of H-pyrrole nitrogens is 1. The Morgan fingerprint density at radius 2 is 2.20 bits per heavy atom. The first-order chi connectivity index (χ1) is 7.31. The normalized spacial score (nSPS) is 10.2. The van der Waals surface area contributed by atoms with Crippen LogP contribution in [0.5, 0.6) is 0 Å². The fourth-order valence-corrected chi connectivity index (χ4v) is 1.43. The van der Waals surface area contributed by atoms with Gasteiger partial charge in [-0.3, -0.25) is 9.78 Å². The van der Waals surface area contributed by atoms with Crippen LogP contribution in [0.3, 0.4) is 0 Å². The van der Waals surface area contributed by atoms with Crippen molar-refractivity contribution in [2.45, 2.75) is 6.61 Å². The third-order valence-electron chi connectivity index (χ3n) is 2.13. The van der Waals surface area contributed by atoms with Crippen LogP contribution in [0.15, 0.2) is 41.5 Å². The fraction of sp³-hybridized carbons (Fsp3) is 0.0909. The summed E-state index contributed by atoms with van der Waals surface area (Å²) in [6, 6.07) is 6.80. The van der Waals surface area contributed by atoms with Gasteiger partial charge in [0.05, 0.1) is 12.3 Å². The van der Waals surface area contributed by atoms with Crippen molar-refractivity contribution in [3.05, 3.63) is 52.7 Å². The molecule has 0 radical (unpaired) electrons. The van der Waals surface area contributed by atoms with E-state index in [2.05, 4.69) is 9.97 Å². The van der Waals surface area contributed by atoms with E-state index in [0.29, 0.717) is 5.69 Å². The van der Waals surface area contributed by atoms with E-state index in [9.17, 15) is 4.79 Å². The van der Waals surface area contributed by atoms with Gasteiger partial charge in [-0.15, -0.1) is 0 Å². The Morgan fingerprint density at radius 3 is 2.87 bits per heavy atom. The van der Waals surface area contributed by atoms with E-state index in [4.69, 9.17) is 5.11 Å². The van der Waals surface area contributed by atoms with E-state index < -0.39 is 0 Å². The molecule has 2 aromatic heterocycles. The van der Waals surface area contributed by atoms with Gasteiger partial charge in [-0.05, 0) is 12.1 Å². The lowest BCUT2D eigenvalue weighted by atomic mass is 10.1. The van der Waals surface area contributed by atoms with Gasteiger partial charge in [0, 0.05) is 29.6 Å². The van der Waals surface area contributed by atoms with E-state index in [1.165, 1.54) is 6.07 Å². The van der Waals surface area contributed by atoms with Crippen LogP contribution in [0, 0.1) is 0 Å². The summed E-state index contributed by atoms with van der Waals surface area (Å²) in [5.41, 5.74) is 1.96. The number of rotatable bonds is 2. The van der Waals surface area contributed by atoms with Crippen molar-refractivity contribution in [1.82, 2.24) is 9.97 Å². The van der Waals surface area contributed by atoms with Gasteiger partial charge in [-0.1, -0.05) is 6.07 Å². The lowest BCUT2D eigenvalue weighted by Gasteiger charge is -2.05. The molecular weight excluding hydrogens is 192 g/mol. The maximum atomic E-state index is 11.1. The molecule has 0 saturated heterocycles. The van der Waals surface area contributed by atoms with Crippen molar-refractivity contribution in [1.29, 1.82) is 0 Å². The Hall–Kier alpha value is -1.94. The van der Waals surface area contributed by atoms with E-state index in [-0.39, 0.29) is 12.2 Å². The highest BCUT2D eigenvalue weighted by Crippen LogP contribution is 2.19. The second-order valence-electron chi connectivity index (χ2n) is 3.11. The van der Waals surface area contributed by atoms with Crippen LogP contribution in [0.4, 0.5) is 0 Å². The summed E-state index contributed by atoms with van der Waals surface area (Å²) >= 11 is 0. The highest BCUT2D eigenvalue weighted by molar-refractivity contribution is 5.64. The standard InChI is InChI=1S/C11H10N2O2/c14-7-10-9(3-4-11(15)13-10)8-2-1-5-12-6-8/h1-6,14H,7H2,(H,13,15). The Labute approximate surface area is 86.2 Å². The summed E-state index contributed by atoms with van der Waals surface area (Å²) in [4.78, 5) is 17.6. The van der Waals surface area contributed by atoms with Crippen molar-refractivity contribution in [3.63, 3.8) is 0 Å². The first kappa shape index (κ1) is 9.61. The van der Waals surface area contributed by atoms with Gasteiger partial charge in [0.25, 0.3) is 0 Å². The lowest BCUT2D eigenvalue weighted by Crippen LogP contribution is -2.08. The second kappa shape index (κ2) is 4.06. The summed E-state index contributed by atoms with van der Waals surface area (Å²) in [6.45, 7) is -0.194. The SMILES string of the molecule is O=c1ccc(-c2cccnc2)c(CO)[nH]1. The van der Waals surface area contributed by atoms with E-state index in [1.54, 1.807) is 18.5 Å². The van der Waals surface area contributed by atoms with Gasteiger partial charge in [0.15, 0.2) is 0 Å². The largest absolute Gasteiger partial charge is 0.390 e. The summed E-state index contributed by atoms with van der Waals surface area (Å²) in [7, 11) is 0. The molecule has 4 nitrogen and oxygen atoms in total. The van der Waals surface area contributed by atoms with Crippen molar-refractivity contribution >= 4 is 0 Å². The fourth-order valence-electron chi connectivity index (χ4n) is 1.43. The zero-order valence-corrected chi connectivity index (χ0v) is 7.97. The second-order valence-corrected chi connectivity index (χ2v) is 3.11. The van der Waals surface area contributed by atoms with Crippen molar-refractivity contribution in [2.24, 2.45) is 0 Å². The average Bonchev–Trinajstić information content (AvgIpc) is 2.30. The molecule has 0 amide bonds. The number of nitrogens with one attached hydrogen (secondary N) is 1. The smallest absolute Gasteiger partial charge is 0.248 e. The van der Waals surface area contributed by atoms with Crippen molar-refractivity contribution in [2.75, 3.05) is 0 Å². The number of aliphatic hydroxyl groups excluding tert-OH is 1. The summed E-state index contributed by atoms with van der Waals surface area (Å²) < 4.78 is 0. The molecule has 0 unspecified atom stereocenters. The Balaban J connectivity index is 2.58. The summed E-state index contributed by atoms with van der Waals surface area (Å²) in [5, 5.41) is 9.11. The number of aliphatic hydroxyl groups is 1. The number of nitrogens with zero attached hydrogens (tertiary/aromatic N) is 1. The summed E-state index contributed by atoms with van der Waals surface area (Å²) in [6.07, 6.45) is 3.36. The molecule has 2 heterocycles. The topological polar surface area (TPSA) is 66.0 Å². The molecule has 0 saturated carbocycles. The molecule has 2 rings (SSSR count). The van der Waals surface area contributed by atoms with Gasteiger partial charge in [-0.2, -0.15) is 0 Å². The Kier molecular flexibility index (Phi) is 2.60. The maximum Gasteiger partial charge on any atom is 0.248 e. The minimum absolute atomic E-state index is 0.194. The number of aromatic amines is 1. The number of hydrogen-bond donors (Lipinski definition) is 2. The molecule has 0 aliphatic rings. The third-order valence-corrected chi connectivity index (χ3v) is 2.13. The predicted octanol–water partition coefficient (Wildman–Crippen LogP) is 0.929. The van der Waals surface area contributed by atoms with Gasteiger partial charge in [0.2, 0.25) is 5.56 Å². The lowest BCUT2D eigenvalue weighted by molar-refractivity contribution is 0.277. The van der Waals surface area contributed by atoms with Crippen molar-refractivity contribution < 1.29 is 5.11 Å². The minimum atomic E-state index is -0.216. The molecule has 0 atom stereocenters. The molecule has 0 spiro atoms. The molecule has 0 aliphatic carbocycles. The molecule has 0 aliphatic heterocycles.